The Morgan fingerprint density at radius 1 is 1.64 bits per heavy atom. The normalized spacial score (nSPS) is 27.9. The lowest BCUT2D eigenvalue weighted by molar-refractivity contribution is -0.144. The highest BCUT2D eigenvalue weighted by Crippen LogP contribution is 2.30. The zero-order valence-corrected chi connectivity index (χ0v) is 9.91. The van der Waals surface area contributed by atoms with Gasteiger partial charge in [0.15, 0.2) is 0 Å². The molecule has 0 saturated carbocycles. The van der Waals surface area contributed by atoms with Gasteiger partial charge in [-0.2, -0.15) is 11.8 Å². The number of nitrogens with one attached hydrogen (secondary N) is 1. The summed E-state index contributed by atoms with van der Waals surface area (Å²) in [7, 11) is 0. The summed E-state index contributed by atoms with van der Waals surface area (Å²) >= 11 is 1.72. The van der Waals surface area contributed by atoms with Gasteiger partial charge in [-0.25, -0.2) is 0 Å². The van der Waals surface area contributed by atoms with Crippen molar-refractivity contribution in [2.24, 2.45) is 0 Å². The maximum absolute atomic E-state index is 11.2. The van der Waals surface area contributed by atoms with Gasteiger partial charge < -0.3 is 5.11 Å². The molecule has 0 aromatic heterocycles. The second-order valence-corrected chi connectivity index (χ2v) is 5.66. The molecule has 1 unspecified atom stereocenters. The molecule has 1 aliphatic rings. The van der Waals surface area contributed by atoms with Gasteiger partial charge >= 0.3 is 5.97 Å². The lowest BCUT2D eigenvalue weighted by Gasteiger charge is -2.35. The predicted molar refractivity (Wildman–Crippen MR) is 59.8 cm³/mol. The van der Waals surface area contributed by atoms with Crippen molar-refractivity contribution in [3.05, 3.63) is 0 Å². The fourth-order valence-corrected chi connectivity index (χ4v) is 2.95. The molecule has 14 heavy (non-hydrogen) atoms. The highest BCUT2D eigenvalue weighted by atomic mass is 32.2. The van der Waals surface area contributed by atoms with Gasteiger partial charge in [-0.3, -0.25) is 10.1 Å². The summed E-state index contributed by atoms with van der Waals surface area (Å²) in [5.74, 6) is 0.925. The van der Waals surface area contributed by atoms with Gasteiger partial charge in [0.2, 0.25) is 0 Å². The van der Waals surface area contributed by atoms with Crippen LogP contribution in [-0.2, 0) is 4.79 Å². The van der Waals surface area contributed by atoms with Crippen LogP contribution in [0.4, 0.5) is 0 Å². The molecule has 1 fully saturated rings. The van der Waals surface area contributed by atoms with Crippen LogP contribution in [0, 0.1) is 0 Å². The van der Waals surface area contributed by atoms with Gasteiger partial charge in [-0.1, -0.05) is 6.92 Å². The Balaban J connectivity index is 2.75. The number of hydrogen-bond acceptors (Lipinski definition) is 3. The van der Waals surface area contributed by atoms with E-state index in [1.54, 1.807) is 11.8 Å². The monoisotopic (exact) mass is 217 g/mol. The molecule has 0 radical (unpaired) electrons. The minimum Gasteiger partial charge on any atom is -0.480 e. The largest absolute Gasteiger partial charge is 0.480 e. The van der Waals surface area contributed by atoms with Crippen LogP contribution in [0.3, 0.4) is 0 Å². The Hall–Kier alpha value is -0.220. The van der Waals surface area contributed by atoms with E-state index in [9.17, 15) is 9.90 Å². The van der Waals surface area contributed by atoms with Gasteiger partial charge in [0.25, 0.3) is 0 Å². The Morgan fingerprint density at radius 3 is 2.64 bits per heavy atom. The summed E-state index contributed by atoms with van der Waals surface area (Å²) in [6, 6.07) is 0. The summed E-state index contributed by atoms with van der Waals surface area (Å²) in [5, 5.41) is 12.5. The molecule has 0 aliphatic carbocycles. The Labute approximate surface area is 89.6 Å². The van der Waals surface area contributed by atoms with E-state index in [-0.39, 0.29) is 5.54 Å². The minimum absolute atomic E-state index is 0.0940. The first-order valence-corrected chi connectivity index (χ1v) is 6.18. The van der Waals surface area contributed by atoms with Crippen molar-refractivity contribution in [1.82, 2.24) is 5.32 Å². The number of hydrogen-bond donors (Lipinski definition) is 2. The molecule has 0 spiro atoms. The van der Waals surface area contributed by atoms with Crippen molar-refractivity contribution in [3.8, 4) is 0 Å². The molecule has 3 nitrogen and oxygen atoms in total. The zero-order chi connectivity index (χ0) is 10.8. The van der Waals surface area contributed by atoms with Gasteiger partial charge in [-0.05, 0) is 32.4 Å². The number of thioether (sulfide) groups is 1. The van der Waals surface area contributed by atoms with Crippen molar-refractivity contribution in [3.63, 3.8) is 0 Å². The maximum atomic E-state index is 11.2. The lowest BCUT2D eigenvalue weighted by Crippen LogP contribution is -2.60. The molecular formula is C10H19NO2S. The van der Waals surface area contributed by atoms with E-state index in [1.807, 2.05) is 0 Å². The quantitative estimate of drug-likeness (QED) is 0.753. The summed E-state index contributed by atoms with van der Waals surface area (Å²) in [6.07, 6.45) is 1.67. The topological polar surface area (TPSA) is 49.3 Å². The third-order valence-electron chi connectivity index (χ3n) is 2.89. The van der Waals surface area contributed by atoms with E-state index >= 15 is 0 Å². The molecule has 0 aromatic rings. The summed E-state index contributed by atoms with van der Waals surface area (Å²) in [5.41, 5.74) is -0.784. The average Bonchev–Trinajstić information content (AvgIpc) is 2.53. The first-order chi connectivity index (χ1) is 6.42. The van der Waals surface area contributed by atoms with E-state index < -0.39 is 11.5 Å². The first-order valence-electron chi connectivity index (χ1n) is 5.02. The van der Waals surface area contributed by atoms with Crippen LogP contribution < -0.4 is 5.32 Å². The van der Waals surface area contributed by atoms with Crippen LogP contribution in [0.1, 0.15) is 33.6 Å². The molecule has 1 heterocycles. The fourth-order valence-electron chi connectivity index (χ4n) is 1.62. The molecule has 0 amide bonds. The average molecular weight is 217 g/mol. The van der Waals surface area contributed by atoms with Gasteiger partial charge in [-0.15, -0.1) is 0 Å². The number of carbonyl (C=O) groups is 1. The molecule has 0 bridgehead atoms. The van der Waals surface area contributed by atoms with Crippen molar-refractivity contribution < 1.29 is 9.90 Å². The number of carboxylic acids is 1. The van der Waals surface area contributed by atoms with Crippen LogP contribution >= 0.6 is 11.8 Å². The van der Waals surface area contributed by atoms with Crippen LogP contribution in [0.2, 0.25) is 0 Å². The van der Waals surface area contributed by atoms with Gasteiger partial charge in [0, 0.05) is 11.3 Å². The van der Waals surface area contributed by atoms with Crippen LogP contribution in [0.15, 0.2) is 0 Å². The summed E-state index contributed by atoms with van der Waals surface area (Å²) in [6.45, 7) is 6.19. The van der Waals surface area contributed by atoms with Crippen molar-refractivity contribution >= 4 is 17.7 Å². The standard InChI is InChI=1S/C10H19NO2S/c1-4-9(2,3)11-10(8(12)13)5-6-14-7-10/h11H,4-7H2,1-3H3,(H,12,13). The van der Waals surface area contributed by atoms with E-state index in [4.69, 9.17) is 0 Å². The van der Waals surface area contributed by atoms with Crippen molar-refractivity contribution in [2.75, 3.05) is 11.5 Å². The Morgan fingerprint density at radius 2 is 2.29 bits per heavy atom. The van der Waals surface area contributed by atoms with Crippen molar-refractivity contribution in [1.29, 1.82) is 0 Å². The highest BCUT2D eigenvalue weighted by Gasteiger charge is 2.44. The Kier molecular flexibility index (Phi) is 3.48. The molecule has 82 valence electrons. The second kappa shape index (κ2) is 4.11. The van der Waals surface area contributed by atoms with Gasteiger partial charge in [0.05, 0.1) is 0 Å². The van der Waals surface area contributed by atoms with E-state index in [1.165, 1.54) is 0 Å². The number of rotatable bonds is 4. The second-order valence-electron chi connectivity index (χ2n) is 4.55. The molecular weight excluding hydrogens is 198 g/mol. The molecule has 1 atom stereocenters. The van der Waals surface area contributed by atoms with Gasteiger partial charge in [0.1, 0.15) is 5.54 Å². The zero-order valence-electron chi connectivity index (χ0n) is 9.09. The highest BCUT2D eigenvalue weighted by molar-refractivity contribution is 7.99. The van der Waals surface area contributed by atoms with Crippen LogP contribution in [-0.4, -0.2) is 33.7 Å². The van der Waals surface area contributed by atoms with Crippen molar-refractivity contribution in [2.45, 2.75) is 44.7 Å². The molecule has 1 saturated heterocycles. The van der Waals surface area contributed by atoms with Crippen LogP contribution in [0.5, 0.6) is 0 Å². The lowest BCUT2D eigenvalue weighted by atomic mass is 9.92. The number of aliphatic carboxylic acids is 1. The van der Waals surface area contributed by atoms with Crippen LogP contribution in [0.25, 0.3) is 0 Å². The minimum atomic E-state index is -0.705. The third kappa shape index (κ3) is 2.42. The van der Waals surface area contributed by atoms with E-state index in [0.29, 0.717) is 5.75 Å². The smallest absolute Gasteiger partial charge is 0.324 e. The molecule has 1 aliphatic heterocycles. The summed E-state index contributed by atoms with van der Waals surface area (Å²) < 4.78 is 0. The predicted octanol–water partition coefficient (Wildman–Crippen LogP) is 1.72. The maximum Gasteiger partial charge on any atom is 0.324 e. The SMILES string of the molecule is CCC(C)(C)NC1(C(=O)O)CCSC1. The molecule has 1 rings (SSSR count). The Bertz CT molecular complexity index is 222. The first kappa shape index (κ1) is 11.9. The molecule has 0 aromatic carbocycles. The third-order valence-corrected chi connectivity index (χ3v) is 4.08. The fraction of sp³-hybridized carbons (Fsp3) is 0.900. The number of carboxylic acid groups (broad SMARTS) is 1. The summed E-state index contributed by atoms with van der Waals surface area (Å²) in [4.78, 5) is 11.2. The van der Waals surface area contributed by atoms with E-state index in [2.05, 4.69) is 26.1 Å². The molecule has 2 N–H and O–H groups in total. The van der Waals surface area contributed by atoms with E-state index in [0.717, 1.165) is 18.6 Å². The molecule has 4 heteroatoms.